The number of pyridine rings is 1. The van der Waals surface area contributed by atoms with Gasteiger partial charge < -0.3 is 15.0 Å². The van der Waals surface area contributed by atoms with Crippen molar-refractivity contribution in [3.63, 3.8) is 0 Å². The Bertz CT molecular complexity index is 1860. The number of alkyl carbamates (subject to hydrolysis) is 1. The molecule has 0 aliphatic carbocycles. The van der Waals surface area contributed by atoms with E-state index in [1.54, 1.807) is 64.4 Å². The average molecular weight is 707 g/mol. The summed E-state index contributed by atoms with van der Waals surface area (Å²) in [6, 6.07) is 11.2. The molecule has 12 nitrogen and oxygen atoms in total. The topological polar surface area (TPSA) is 163 Å². The third-order valence-electron chi connectivity index (χ3n) is 7.68. The zero-order valence-corrected chi connectivity index (χ0v) is 29.2. The molecule has 0 bridgehead atoms. The van der Waals surface area contributed by atoms with E-state index in [0.717, 1.165) is 16.7 Å². The monoisotopic (exact) mass is 706 g/mol. The van der Waals surface area contributed by atoms with Gasteiger partial charge in [0.2, 0.25) is 15.9 Å². The number of carbonyl (C=O) groups excluding carboxylic acids is 2. The summed E-state index contributed by atoms with van der Waals surface area (Å²) in [6.07, 6.45) is 3.11. The van der Waals surface area contributed by atoms with Gasteiger partial charge in [0.1, 0.15) is 17.4 Å². The molecule has 1 aromatic heterocycles. The highest BCUT2D eigenvalue weighted by Gasteiger charge is 2.41. The Morgan fingerprint density at radius 1 is 1.11 bits per heavy atom. The Hall–Kier alpha value is -3.56. The number of aromatic nitrogens is 1. The van der Waals surface area contributed by atoms with Crippen molar-refractivity contribution in [3.8, 4) is 11.1 Å². The number of halogens is 1. The summed E-state index contributed by atoms with van der Waals surface area (Å²) in [7, 11) is -8.89. The van der Waals surface area contributed by atoms with Gasteiger partial charge in [-0.25, -0.2) is 13.2 Å². The number of nitrogens with zero attached hydrogens (tertiary/aromatic N) is 3. The standard InChI is InChI=1S/C32H39ClN4O8S2/c1-6-22-18-34-14-13-25(22)23-9-7-10-24(17-23)28-19-36(15-16-37(28)47(43,44)29-12-8-11-26(33)21(29)2)30(38)27(20-46(40,41)42)35-31(39)45-32(3,4)5/h7-14,17-18,27-28H,6,15-16,19-20H2,1-5H3,(H,35,39)(H,40,41,42). The predicted octanol–water partition coefficient (Wildman–Crippen LogP) is 4.63. The van der Waals surface area contributed by atoms with Gasteiger partial charge in [-0.1, -0.05) is 42.8 Å². The van der Waals surface area contributed by atoms with Gasteiger partial charge in [0, 0.05) is 37.1 Å². The van der Waals surface area contributed by atoms with Crippen LogP contribution in [0, 0.1) is 6.92 Å². The number of hydrogen-bond acceptors (Lipinski definition) is 8. The predicted molar refractivity (Wildman–Crippen MR) is 178 cm³/mol. The lowest BCUT2D eigenvalue weighted by Gasteiger charge is -2.42. The largest absolute Gasteiger partial charge is 0.444 e. The van der Waals surface area contributed by atoms with Crippen molar-refractivity contribution < 1.29 is 35.7 Å². The van der Waals surface area contributed by atoms with Crippen molar-refractivity contribution in [2.24, 2.45) is 0 Å². The molecule has 2 heterocycles. The quantitative estimate of drug-likeness (QED) is 0.302. The summed E-state index contributed by atoms with van der Waals surface area (Å²) >= 11 is 6.31. The molecule has 1 saturated heterocycles. The Morgan fingerprint density at radius 2 is 1.81 bits per heavy atom. The van der Waals surface area contributed by atoms with Crippen LogP contribution >= 0.6 is 11.6 Å². The molecule has 2 amide bonds. The second kappa shape index (κ2) is 14.3. The molecule has 2 N–H and O–H groups in total. The molecular formula is C32H39ClN4O8S2. The number of aryl methyl sites for hydroxylation is 1. The van der Waals surface area contributed by atoms with E-state index in [0.29, 0.717) is 17.5 Å². The third kappa shape index (κ3) is 8.87. The summed E-state index contributed by atoms with van der Waals surface area (Å²) in [6.45, 7) is 7.94. The highest BCUT2D eigenvalue weighted by Crippen LogP contribution is 2.36. The highest BCUT2D eigenvalue weighted by molar-refractivity contribution is 7.89. The average Bonchev–Trinajstić information content (AvgIpc) is 2.99. The molecule has 1 fully saturated rings. The fourth-order valence-electron chi connectivity index (χ4n) is 5.48. The number of rotatable bonds is 9. The fourth-order valence-corrected chi connectivity index (χ4v) is 8.20. The Kier molecular flexibility index (Phi) is 11.0. The van der Waals surface area contributed by atoms with Gasteiger partial charge >= 0.3 is 6.09 Å². The Balaban J connectivity index is 1.77. The minimum Gasteiger partial charge on any atom is -0.444 e. The van der Waals surface area contributed by atoms with Crippen LogP contribution in [0.25, 0.3) is 11.1 Å². The van der Waals surface area contributed by atoms with Crippen LogP contribution in [0.5, 0.6) is 0 Å². The fraction of sp³-hybridized carbons (Fsp3) is 0.406. The first kappa shape index (κ1) is 36.3. The van der Waals surface area contributed by atoms with Crippen molar-refractivity contribution >= 4 is 43.7 Å². The van der Waals surface area contributed by atoms with Crippen LogP contribution in [-0.4, -0.2) is 84.6 Å². The van der Waals surface area contributed by atoms with E-state index in [9.17, 15) is 31.0 Å². The van der Waals surface area contributed by atoms with Crippen LogP contribution in [0.3, 0.4) is 0 Å². The van der Waals surface area contributed by atoms with Gasteiger partial charge in [0.15, 0.2) is 0 Å². The maximum absolute atomic E-state index is 14.2. The van der Waals surface area contributed by atoms with Gasteiger partial charge in [-0.15, -0.1) is 0 Å². The lowest BCUT2D eigenvalue weighted by molar-refractivity contribution is -0.135. The number of nitrogens with one attached hydrogen (secondary N) is 1. The van der Waals surface area contributed by atoms with E-state index in [1.165, 1.54) is 15.3 Å². The molecule has 47 heavy (non-hydrogen) atoms. The number of sulfonamides is 1. The van der Waals surface area contributed by atoms with Gasteiger partial charge in [0.05, 0.1) is 10.9 Å². The maximum atomic E-state index is 14.2. The summed E-state index contributed by atoms with van der Waals surface area (Å²) in [5.41, 5.74) is 2.73. The lowest BCUT2D eigenvalue weighted by atomic mass is 9.95. The van der Waals surface area contributed by atoms with Crippen molar-refractivity contribution in [3.05, 3.63) is 82.6 Å². The summed E-state index contributed by atoms with van der Waals surface area (Å²) in [5.74, 6) is -1.93. The van der Waals surface area contributed by atoms with E-state index >= 15 is 0 Å². The number of hydrogen-bond donors (Lipinski definition) is 2. The van der Waals surface area contributed by atoms with Crippen molar-refractivity contribution in [1.82, 2.24) is 19.5 Å². The molecule has 2 aromatic carbocycles. The second-order valence-corrected chi connectivity index (χ2v) is 16.0. The molecule has 1 aliphatic heterocycles. The van der Waals surface area contributed by atoms with E-state index in [4.69, 9.17) is 16.3 Å². The Morgan fingerprint density at radius 3 is 2.47 bits per heavy atom. The minimum absolute atomic E-state index is 0.0178. The number of carbonyl (C=O) groups is 2. The van der Waals surface area contributed by atoms with Crippen LogP contribution < -0.4 is 5.32 Å². The molecule has 4 rings (SSSR count). The van der Waals surface area contributed by atoms with E-state index in [2.05, 4.69) is 10.3 Å². The molecular weight excluding hydrogens is 668 g/mol. The Labute approximate surface area is 280 Å². The van der Waals surface area contributed by atoms with Gasteiger partial charge in [-0.3, -0.25) is 14.3 Å². The van der Waals surface area contributed by atoms with Crippen LogP contribution in [0.4, 0.5) is 4.79 Å². The smallest absolute Gasteiger partial charge is 0.408 e. The minimum atomic E-state index is -4.73. The first-order valence-electron chi connectivity index (χ1n) is 14.9. The van der Waals surface area contributed by atoms with Gasteiger partial charge in [0.25, 0.3) is 10.1 Å². The summed E-state index contributed by atoms with van der Waals surface area (Å²) in [5, 5.41) is 2.54. The molecule has 0 radical (unpaired) electrons. The van der Waals surface area contributed by atoms with Crippen molar-refractivity contribution in [2.75, 3.05) is 25.4 Å². The van der Waals surface area contributed by atoms with Crippen LogP contribution in [0.1, 0.15) is 50.4 Å². The van der Waals surface area contributed by atoms with E-state index in [1.807, 2.05) is 25.1 Å². The normalized spacial score (nSPS) is 16.8. The number of ether oxygens (including phenoxy) is 1. The number of amides is 2. The number of benzene rings is 2. The van der Waals surface area contributed by atoms with Gasteiger partial charge in [-0.2, -0.15) is 12.7 Å². The first-order chi connectivity index (χ1) is 21.9. The molecule has 3 aromatic rings. The van der Waals surface area contributed by atoms with Crippen molar-refractivity contribution in [1.29, 1.82) is 0 Å². The maximum Gasteiger partial charge on any atom is 0.408 e. The van der Waals surface area contributed by atoms with Crippen LogP contribution in [0.2, 0.25) is 5.02 Å². The third-order valence-corrected chi connectivity index (χ3v) is 10.9. The molecule has 15 heteroatoms. The SMILES string of the molecule is CCc1cnccc1-c1cccc(C2CN(C(=O)C(CS(=O)(=O)O)NC(=O)OC(C)(C)C)CCN2S(=O)(=O)c2cccc(Cl)c2C)c1. The molecule has 0 spiro atoms. The van der Waals surface area contributed by atoms with Crippen LogP contribution in [0.15, 0.2) is 65.8 Å². The molecule has 2 unspecified atom stereocenters. The molecule has 254 valence electrons. The molecule has 2 atom stereocenters. The summed E-state index contributed by atoms with van der Waals surface area (Å²) in [4.78, 5) is 31.9. The van der Waals surface area contributed by atoms with Crippen LogP contribution in [-0.2, 0) is 36.1 Å². The zero-order valence-electron chi connectivity index (χ0n) is 26.8. The summed E-state index contributed by atoms with van der Waals surface area (Å²) < 4.78 is 68.4. The van der Waals surface area contributed by atoms with E-state index in [-0.39, 0.29) is 29.6 Å². The van der Waals surface area contributed by atoms with Crippen molar-refractivity contribution in [2.45, 2.75) is 63.6 Å². The lowest BCUT2D eigenvalue weighted by Crippen LogP contribution is -2.58. The first-order valence-corrected chi connectivity index (χ1v) is 18.4. The zero-order chi connectivity index (χ0) is 34.7. The second-order valence-electron chi connectivity index (χ2n) is 12.2. The number of piperazine rings is 1. The van der Waals surface area contributed by atoms with Gasteiger partial charge in [-0.05, 0) is 86.2 Å². The molecule has 0 saturated carbocycles. The van der Waals surface area contributed by atoms with E-state index < -0.39 is 55.6 Å². The highest BCUT2D eigenvalue weighted by atomic mass is 35.5. The molecule has 1 aliphatic rings.